The highest BCUT2D eigenvalue weighted by Crippen LogP contribution is 2.27. The Balaban J connectivity index is 2.60. The molecule has 0 amide bonds. The largest absolute Gasteiger partial charge is 0.236 e. The first-order valence-corrected chi connectivity index (χ1v) is 5.77. The Hall–Kier alpha value is -1.48. The molecule has 88 valence electrons. The number of hydrogen-bond donors (Lipinski definition) is 0. The van der Waals surface area contributed by atoms with E-state index in [2.05, 4.69) is 9.97 Å². The molecule has 2 rings (SSSR count). The summed E-state index contributed by atoms with van der Waals surface area (Å²) in [6.07, 6.45) is 2.17. The van der Waals surface area contributed by atoms with Crippen LogP contribution < -0.4 is 0 Å². The highest BCUT2D eigenvalue weighted by Gasteiger charge is 2.11. The highest BCUT2D eigenvalue weighted by atomic mass is 35.5. The van der Waals surface area contributed by atoms with Gasteiger partial charge >= 0.3 is 0 Å². The van der Waals surface area contributed by atoms with Crippen LogP contribution in [0.5, 0.6) is 0 Å². The molecule has 1 heterocycles. The van der Waals surface area contributed by atoms with Gasteiger partial charge in [-0.1, -0.05) is 18.5 Å². The second-order valence-electron chi connectivity index (χ2n) is 3.81. The van der Waals surface area contributed by atoms with Crippen LogP contribution in [-0.4, -0.2) is 9.97 Å². The van der Waals surface area contributed by atoms with E-state index >= 15 is 0 Å². The summed E-state index contributed by atoms with van der Waals surface area (Å²) < 4.78 is 13.2. The molecule has 2 aromatic rings. The quantitative estimate of drug-likeness (QED) is 0.758. The third-order valence-corrected chi connectivity index (χ3v) is 3.00. The zero-order chi connectivity index (χ0) is 12.4. The molecule has 0 saturated heterocycles. The lowest BCUT2D eigenvalue weighted by molar-refractivity contribution is 0.618. The summed E-state index contributed by atoms with van der Waals surface area (Å²) in [5, 5.41) is 0.458. The first-order valence-electron chi connectivity index (χ1n) is 5.39. The average molecular weight is 251 g/mol. The monoisotopic (exact) mass is 250 g/mol. The fourth-order valence-corrected chi connectivity index (χ4v) is 2.01. The van der Waals surface area contributed by atoms with Crippen molar-refractivity contribution in [2.24, 2.45) is 0 Å². The van der Waals surface area contributed by atoms with Gasteiger partial charge in [0.1, 0.15) is 17.3 Å². The molecule has 0 unspecified atom stereocenters. The first kappa shape index (κ1) is 12.0. The third kappa shape index (κ3) is 2.29. The van der Waals surface area contributed by atoms with Gasteiger partial charge in [0.2, 0.25) is 0 Å². The maximum absolute atomic E-state index is 13.2. The normalized spacial score (nSPS) is 10.6. The van der Waals surface area contributed by atoms with Crippen molar-refractivity contribution in [1.82, 2.24) is 9.97 Å². The Kier molecular flexibility index (Phi) is 3.38. The van der Waals surface area contributed by atoms with Gasteiger partial charge in [-0.25, -0.2) is 14.4 Å². The smallest absolute Gasteiger partial charge is 0.136 e. The number of aromatic nitrogens is 2. The lowest BCUT2D eigenvalue weighted by Crippen LogP contribution is -1.96. The van der Waals surface area contributed by atoms with E-state index in [1.165, 1.54) is 12.4 Å². The van der Waals surface area contributed by atoms with Gasteiger partial charge in [-0.2, -0.15) is 0 Å². The first-order chi connectivity index (χ1) is 8.13. The fourth-order valence-electron chi connectivity index (χ4n) is 1.74. The van der Waals surface area contributed by atoms with E-state index in [9.17, 15) is 4.39 Å². The summed E-state index contributed by atoms with van der Waals surface area (Å²) in [5.41, 5.74) is 3.13. The molecule has 1 aromatic heterocycles. The Morgan fingerprint density at radius 3 is 2.71 bits per heavy atom. The predicted molar refractivity (Wildman–Crippen MR) is 66.6 cm³/mol. The Morgan fingerprint density at radius 1 is 1.29 bits per heavy atom. The molecule has 0 N–H and O–H groups in total. The van der Waals surface area contributed by atoms with Gasteiger partial charge < -0.3 is 0 Å². The molecule has 0 aliphatic heterocycles. The van der Waals surface area contributed by atoms with Crippen LogP contribution in [0.4, 0.5) is 4.39 Å². The molecule has 0 fully saturated rings. The molecule has 0 radical (unpaired) electrons. The van der Waals surface area contributed by atoms with E-state index in [0.717, 1.165) is 23.2 Å². The SMILES string of the molecule is CCc1c(Cl)ncnc1-c1ccc(F)c(C)c1. The van der Waals surface area contributed by atoms with Gasteiger partial charge in [0.05, 0.1) is 5.69 Å². The van der Waals surface area contributed by atoms with Crippen LogP contribution >= 0.6 is 11.6 Å². The molecule has 0 aliphatic carbocycles. The summed E-state index contributed by atoms with van der Waals surface area (Å²) in [7, 11) is 0. The van der Waals surface area contributed by atoms with Gasteiger partial charge in [0.25, 0.3) is 0 Å². The zero-order valence-corrected chi connectivity index (χ0v) is 10.4. The molecule has 1 aromatic carbocycles. The lowest BCUT2D eigenvalue weighted by atomic mass is 10.0. The predicted octanol–water partition coefficient (Wildman–Crippen LogP) is 3.81. The molecule has 0 spiro atoms. The Bertz CT molecular complexity index is 555. The minimum Gasteiger partial charge on any atom is -0.236 e. The average Bonchev–Trinajstić information content (AvgIpc) is 2.32. The lowest BCUT2D eigenvalue weighted by Gasteiger charge is -2.08. The van der Waals surface area contributed by atoms with Crippen molar-refractivity contribution in [3.8, 4) is 11.3 Å². The number of aryl methyl sites for hydroxylation is 1. The Labute approximate surface area is 104 Å². The van der Waals surface area contributed by atoms with Gasteiger partial charge in [-0.3, -0.25) is 0 Å². The van der Waals surface area contributed by atoms with E-state index < -0.39 is 0 Å². The van der Waals surface area contributed by atoms with E-state index in [1.54, 1.807) is 19.1 Å². The number of halogens is 2. The van der Waals surface area contributed by atoms with Crippen molar-refractivity contribution in [3.05, 3.63) is 46.6 Å². The summed E-state index contributed by atoms with van der Waals surface area (Å²) >= 11 is 6.03. The van der Waals surface area contributed by atoms with Crippen LogP contribution in [0.2, 0.25) is 5.15 Å². The Morgan fingerprint density at radius 2 is 2.06 bits per heavy atom. The van der Waals surface area contributed by atoms with E-state index in [4.69, 9.17) is 11.6 Å². The van der Waals surface area contributed by atoms with Crippen molar-refractivity contribution < 1.29 is 4.39 Å². The van der Waals surface area contributed by atoms with Gasteiger partial charge in [-0.05, 0) is 37.1 Å². The number of rotatable bonds is 2. The van der Waals surface area contributed by atoms with Crippen LogP contribution in [0, 0.1) is 12.7 Å². The van der Waals surface area contributed by atoms with Crippen molar-refractivity contribution >= 4 is 11.6 Å². The minimum absolute atomic E-state index is 0.216. The topological polar surface area (TPSA) is 25.8 Å². The third-order valence-electron chi connectivity index (χ3n) is 2.68. The molecule has 4 heteroatoms. The second-order valence-corrected chi connectivity index (χ2v) is 4.17. The number of hydrogen-bond acceptors (Lipinski definition) is 2. The van der Waals surface area contributed by atoms with Crippen molar-refractivity contribution in [2.45, 2.75) is 20.3 Å². The van der Waals surface area contributed by atoms with E-state index in [1.807, 2.05) is 6.92 Å². The fraction of sp³-hybridized carbons (Fsp3) is 0.231. The summed E-state index contributed by atoms with van der Waals surface area (Å²) in [6, 6.07) is 4.92. The molecule has 0 saturated carbocycles. The van der Waals surface area contributed by atoms with Crippen LogP contribution in [-0.2, 0) is 6.42 Å². The molecular formula is C13H12ClFN2. The van der Waals surface area contributed by atoms with Gasteiger partial charge in [0, 0.05) is 11.1 Å². The van der Waals surface area contributed by atoms with Crippen LogP contribution in [0.1, 0.15) is 18.1 Å². The summed E-state index contributed by atoms with van der Waals surface area (Å²) in [4.78, 5) is 8.19. The van der Waals surface area contributed by atoms with Gasteiger partial charge in [0.15, 0.2) is 0 Å². The number of nitrogens with zero attached hydrogens (tertiary/aromatic N) is 2. The number of benzene rings is 1. The molecule has 0 bridgehead atoms. The molecular weight excluding hydrogens is 239 g/mol. The van der Waals surface area contributed by atoms with Gasteiger partial charge in [-0.15, -0.1) is 0 Å². The van der Waals surface area contributed by atoms with E-state index in [-0.39, 0.29) is 5.82 Å². The summed E-state index contributed by atoms with van der Waals surface area (Å²) in [5.74, 6) is -0.216. The highest BCUT2D eigenvalue weighted by molar-refractivity contribution is 6.30. The second kappa shape index (κ2) is 4.80. The van der Waals surface area contributed by atoms with Crippen molar-refractivity contribution in [3.63, 3.8) is 0 Å². The maximum atomic E-state index is 13.2. The van der Waals surface area contributed by atoms with Crippen molar-refractivity contribution in [2.75, 3.05) is 0 Å². The van der Waals surface area contributed by atoms with Crippen LogP contribution in [0.15, 0.2) is 24.5 Å². The van der Waals surface area contributed by atoms with Crippen LogP contribution in [0.25, 0.3) is 11.3 Å². The van der Waals surface area contributed by atoms with Crippen LogP contribution in [0.3, 0.4) is 0 Å². The molecule has 17 heavy (non-hydrogen) atoms. The standard InChI is InChI=1S/C13H12ClFN2/c1-3-10-12(16-7-17-13(10)14)9-4-5-11(15)8(2)6-9/h4-7H,3H2,1-2H3. The maximum Gasteiger partial charge on any atom is 0.136 e. The molecule has 0 aliphatic rings. The molecule has 2 nitrogen and oxygen atoms in total. The summed E-state index contributed by atoms with van der Waals surface area (Å²) in [6.45, 7) is 3.72. The minimum atomic E-state index is -0.216. The van der Waals surface area contributed by atoms with E-state index in [0.29, 0.717) is 10.7 Å². The molecule has 0 atom stereocenters. The van der Waals surface area contributed by atoms with Crippen molar-refractivity contribution in [1.29, 1.82) is 0 Å². The zero-order valence-electron chi connectivity index (χ0n) is 9.67.